The Kier molecular flexibility index (Phi) is 6.12. The number of rotatable bonds is 6. The quantitative estimate of drug-likeness (QED) is 0.672. The fourth-order valence-corrected chi connectivity index (χ4v) is 1.55. The summed E-state index contributed by atoms with van der Waals surface area (Å²) in [4.78, 5) is 37.8. The Morgan fingerprint density at radius 2 is 2.14 bits per heavy atom. The number of ether oxygens (including phenoxy) is 1. The van der Waals surface area contributed by atoms with Crippen molar-refractivity contribution in [1.82, 2.24) is 10.3 Å². The van der Waals surface area contributed by atoms with E-state index in [2.05, 4.69) is 20.4 Å². The number of amides is 2. The highest BCUT2D eigenvalue weighted by Gasteiger charge is 2.21. The third kappa shape index (κ3) is 5.47. The number of aryl methyl sites for hydroxylation is 1. The molecule has 114 valence electrons. The maximum absolute atomic E-state index is 11.8. The number of nitrogens with one attached hydrogen (secondary N) is 2. The van der Waals surface area contributed by atoms with Gasteiger partial charge in [0.1, 0.15) is 6.04 Å². The fraction of sp³-hybridized carbons (Fsp3) is 0.385. The Bertz CT molecular complexity index is 532. The zero-order valence-electron chi connectivity index (χ0n) is 11.8. The molecule has 1 aromatic heterocycles. The molecule has 0 aliphatic rings. The third-order valence-electron chi connectivity index (χ3n) is 2.72. The van der Waals surface area contributed by atoms with Gasteiger partial charge in [-0.2, -0.15) is 0 Å². The molecule has 0 aliphatic carbocycles. The number of esters is 1. The van der Waals surface area contributed by atoms with Gasteiger partial charge in [-0.25, -0.2) is 9.59 Å². The summed E-state index contributed by atoms with van der Waals surface area (Å²) in [5.41, 5.74) is 1.08. The minimum absolute atomic E-state index is 0.0541. The molecule has 0 spiro atoms. The van der Waals surface area contributed by atoms with Crippen molar-refractivity contribution in [3.05, 3.63) is 24.0 Å². The number of carbonyl (C=O) groups is 3. The zero-order chi connectivity index (χ0) is 15.8. The van der Waals surface area contributed by atoms with E-state index < -0.39 is 24.0 Å². The summed E-state index contributed by atoms with van der Waals surface area (Å²) in [7, 11) is 1.21. The highest BCUT2D eigenvalue weighted by Crippen LogP contribution is 2.10. The summed E-state index contributed by atoms with van der Waals surface area (Å²) >= 11 is 0. The highest BCUT2D eigenvalue weighted by atomic mass is 16.5. The van der Waals surface area contributed by atoms with Gasteiger partial charge in [-0.05, 0) is 25.5 Å². The standard InChI is InChI=1S/C13H17N3O5/c1-8-9(4-3-7-14-8)15-13(20)16-10(12(18)19)5-6-11(17)21-2/h3-4,7,10H,5-6H2,1-2H3,(H,18,19)(H2,15,16,20)/t10-/m0/s1. The number of carboxylic acids is 1. The lowest BCUT2D eigenvalue weighted by molar-refractivity contribution is -0.142. The SMILES string of the molecule is COC(=O)CC[C@H](NC(=O)Nc1cccnc1C)C(=O)O. The number of urea groups is 1. The van der Waals surface area contributed by atoms with Crippen LogP contribution in [0.2, 0.25) is 0 Å². The molecular weight excluding hydrogens is 278 g/mol. The van der Waals surface area contributed by atoms with Crippen LogP contribution < -0.4 is 10.6 Å². The van der Waals surface area contributed by atoms with E-state index in [0.717, 1.165) is 0 Å². The van der Waals surface area contributed by atoms with E-state index in [1.807, 2.05) is 0 Å². The van der Waals surface area contributed by atoms with Crippen LogP contribution in [0.3, 0.4) is 0 Å². The first-order chi connectivity index (χ1) is 9.93. The number of aliphatic carboxylic acids is 1. The summed E-state index contributed by atoms with van der Waals surface area (Å²) in [5, 5.41) is 13.8. The summed E-state index contributed by atoms with van der Waals surface area (Å²) in [5.74, 6) is -1.76. The molecule has 1 atom stereocenters. The van der Waals surface area contributed by atoms with Crippen molar-refractivity contribution < 1.29 is 24.2 Å². The molecule has 0 aromatic carbocycles. The molecule has 0 fully saturated rings. The van der Waals surface area contributed by atoms with Crippen LogP contribution in [0.25, 0.3) is 0 Å². The molecule has 8 nitrogen and oxygen atoms in total. The van der Waals surface area contributed by atoms with Crippen molar-refractivity contribution in [2.24, 2.45) is 0 Å². The zero-order valence-corrected chi connectivity index (χ0v) is 11.8. The maximum Gasteiger partial charge on any atom is 0.326 e. The van der Waals surface area contributed by atoms with Gasteiger partial charge in [-0.3, -0.25) is 9.78 Å². The molecule has 0 radical (unpaired) electrons. The number of pyridine rings is 1. The minimum atomic E-state index is -1.23. The third-order valence-corrected chi connectivity index (χ3v) is 2.72. The van der Waals surface area contributed by atoms with E-state index in [4.69, 9.17) is 5.11 Å². The summed E-state index contributed by atoms with van der Waals surface area (Å²) in [6.07, 6.45) is 1.43. The molecule has 0 saturated carbocycles. The normalized spacial score (nSPS) is 11.3. The summed E-state index contributed by atoms with van der Waals surface area (Å²) in [6.45, 7) is 1.71. The number of hydrogen-bond donors (Lipinski definition) is 3. The molecule has 2 amide bonds. The van der Waals surface area contributed by atoms with E-state index in [0.29, 0.717) is 11.4 Å². The van der Waals surface area contributed by atoms with Crippen LogP contribution in [0.5, 0.6) is 0 Å². The molecule has 1 aromatic rings. The predicted molar refractivity (Wildman–Crippen MR) is 73.8 cm³/mol. The summed E-state index contributed by atoms with van der Waals surface area (Å²) in [6, 6.07) is 1.44. The average molecular weight is 295 g/mol. The van der Waals surface area contributed by atoms with Crippen molar-refractivity contribution in [2.75, 3.05) is 12.4 Å². The fourth-order valence-electron chi connectivity index (χ4n) is 1.55. The first-order valence-corrected chi connectivity index (χ1v) is 6.22. The van der Waals surface area contributed by atoms with Gasteiger partial charge in [0.25, 0.3) is 0 Å². The van der Waals surface area contributed by atoms with Crippen LogP contribution in [0.15, 0.2) is 18.3 Å². The maximum atomic E-state index is 11.8. The second-order valence-electron chi connectivity index (χ2n) is 4.24. The van der Waals surface area contributed by atoms with Gasteiger partial charge in [0.05, 0.1) is 18.5 Å². The van der Waals surface area contributed by atoms with E-state index in [1.54, 1.807) is 25.3 Å². The molecule has 1 rings (SSSR count). The van der Waals surface area contributed by atoms with Gasteiger partial charge in [0.15, 0.2) is 0 Å². The Hall–Kier alpha value is -2.64. The van der Waals surface area contributed by atoms with Gasteiger partial charge < -0.3 is 20.5 Å². The Morgan fingerprint density at radius 1 is 1.43 bits per heavy atom. The van der Waals surface area contributed by atoms with Crippen molar-refractivity contribution in [2.45, 2.75) is 25.8 Å². The van der Waals surface area contributed by atoms with Crippen LogP contribution in [0.4, 0.5) is 10.5 Å². The van der Waals surface area contributed by atoms with E-state index in [1.165, 1.54) is 7.11 Å². The Morgan fingerprint density at radius 3 is 2.71 bits per heavy atom. The molecule has 8 heteroatoms. The van der Waals surface area contributed by atoms with Gasteiger partial charge in [-0.15, -0.1) is 0 Å². The lowest BCUT2D eigenvalue weighted by Gasteiger charge is -2.15. The number of aromatic nitrogens is 1. The number of hydrogen-bond acceptors (Lipinski definition) is 5. The smallest absolute Gasteiger partial charge is 0.326 e. The van der Waals surface area contributed by atoms with Crippen LogP contribution in [0.1, 0.15) is 18.5 Å². The average Bonchev–Trinajstić information content (AvgIpc) is 2.45. The number of carboxylic acid groups (broad SMARTS) is 1. The highest BCUT2D eigenvalue weighted by molar-refractivity contribution is 5.92. The monoisotopic (exact) mass is 295 g/mol. The van der Waals surface area contributed by atoms with Crippen molar-refractivity contribution in [3.63, 3.8) is 0 Å². The molecule has 0 unspecified atom stereocenters. The van der Waals surface area contributed by atoms with Crippen LogP contribution in [-0.4, -0.2) is 41.2 Å². The number of nitrogens with zero attached hydrogens (tertiary/aromatic N) is 1. The Labute approximate surface area is 121 Å². The Balaban J connectivity index is 2.58. The number of methoxy groups -OCH3 is 1. The van der Waals surface area contributed by atoms with Crippen molar-refractivity contribution in [3.8, 4) is 0 Å². The molecule has 21 heavy (non-hydrogen) atoms. The molecule has 1 heterocycles. The van der Waals surface area contributed by atoms with Crippen molar-refractivity contribution >= 4 is 23.7 Å². The van der Waals surface area contributed by atoms with Gasteiger partial charge in [0.2, 0.25) is 0 Å². The van der Waals surface area contributed by atoms with Crippen LogP contribution in [0, 0.1) is 6.92 Å². The van der Waals surface area contributed by atoms with Gasteiger partial charge in [-0.1, -0.05) is 0 Å². The van der Waals surface area contributed by atoms with E-state index in [9.17, 15) is 14.4 Å². The topological polar surface area (TPSA) is 118 Å². The molecule has 3 N–H and O–H groups in total. The van der Waals surface area contributed by atoms with E-state index >= 15 is 0 Å². The second-order valence-corrected chi connectivity index (χ2v) is 4.24. The van der Waals surface area contributed by atoms with Gasteiger partial charge in [0, 0.05) is 12.6 Å². The first kappa shape index (κ1) is 16.4. The molecule has 0 bridgehead atoms. The molecular formula is C13H17N3O5. The van der Waals surface area contributed by atoms with Gasteiger partial charge >= 0.3 is 18.0 Å². The van der Waals surface area contributed by atoms with Crippen molar-refractivity contribution in [1.29, 1.82) is 0 Å². The minimum Gasteiger partial charge on any atom is -0.480 e. The van der Waals surface area contributed by atoms with Crippen LogP contribution >= 0.6 is 0 Å². The number of carbonyl (C=O) groups excluding carboxylic acids is 2. The van der Waals surface area contributed by atoms with E-state index in [-0.39, 0.29) is 12.8 Å². The lowest BCUT2D eigenvalue weighted by atomic mass is 10.1. The molecule has 0 saturated heterocycles. The molecule has 0 aliphatic heterocycles. The number of anilines is 1. The predicted octanol–water partition coefficient (Wildman–Crippen LogP) is 0.918. The first-order valence-electron chi connectivity index (χ1n) is 6.22. The summed E-state index contributed by atoms with van der Waals surface area (Å²) < 4.78 is 4.43. The lowest BCUT2D eigenvalue weighted by Crippen LogP contribution is -2.43. The van der Waals surface area contributed by atoms with Crippen LogP contribution in [-0.2, 0) is 14.3 Å². The second kappa shape index (κ2) is 7.83. The largest absolute Gasteiger partial charge is 0.480 e.